The van der Waals surface area contributed by atoms with Gasteiger partial charge in [0, 0.05) is 28.6 Å². The van der Waals surface area contributed by atoms with E-state index in [1.165, 1.54) is 27.6 Å². The zero-order valence-corrected chi connectivity index (χ0v) is 25.3. The Hall–Kier alpha value is -6.39. The number of rotatable bonds is 5. The van der Waals surface area contributed by atoms with Crippen LogP contribution in [0.4, 0.5) is 0 Å². The molecule has 0 fully saturated rings. The molecule has 0 aliphatic carbocycles. The molecule has 0 aliphatic heterocycles. The molecular weight excluding hydrogens is 574 g/mol. The lowest BCUT2D eigenvalue weighted by Crippen LogP contribution is -1.93. The van der Waals surface area contributed by atoms with Crippen molar-refractivity contribution >= 4 is 32.7 Å². The van der Waals surface area contributed by atoms with Crippen LogP contribution in [0.5, 0.6) is 0 Å². The Kier molecular flexibility index (Phi) is 6.43. The molecule has 0 saturated carbocycles. The molecule has 0 amide bonds. The van der Waals surface area contributed by atoms with E-state index in [9.17, 15) is 0 Å². The Bertz CT molecular complexity index is 2500. The number of nitrogens with zero attached hydrogens (tertiary/aromatic N) is 3. The van der Waals surface area contributed by atoms with Crippen LogP contribution in [0.25, 0.3) is 88.9 Å². The minimum atomic E-state index is 0.793. The van der Waals surface area contributed by atoms with E-state index in [2.05, 4.69) is 125 Å². The number of hydrogen-bond donors (Lipinski definition) is 0. The van der Waals surface area contributed by atoms with Crippen LogP contribution in [0.2, 0.25) is 0 Å². The van der Waals surface area contributed by atoms with Crippen molar-refractivity contribution in [2.24, 2.45) is 0 Å². The Morgan fingerprint density at radius 1 is 0.362 bits per heavy atom. The lowest BCUT2D eigenvalue weighted by Gasteiger charge is -2.10. The molecule has 9 rings (SSSR count). The summed E-state index contributed by atoms with van der Waals surface area (Å²) in [4.78, 5) is 14.1. The maximum Gasteiger partial charge on any atom is 0.143 e. The van der Waals surface area contributed by atoms with Gasteiger partial charge >= 0.3 is 0 Å². The third kappa shape index (κ3) is 4.84. The Labute approximate surface area is 271 Å². The third-order valence-corrected chi connectivity index (χ3v) is 8.77. The maximum absolute atomic E-state index is 6.70. The first kappa shape index (κ1) is 27.0. The van der Waals surface area contributed by atoms with E-state index in [-0.39, 0.29) is 0 Å². The van der Waals surface area contributed by atoms with Gasteiger partial charge in [-0.05, 0) is 99.4 Å². The minimum absolute atomic E-state index is 0.793. The summed E-state index contributed by atoms with van der Waals surface area (Å²) in [7, 11) is 0. The van der Waals surface area contributed by atoms with Crippen LogP contribution in [-0.2, 0) is 0 Å². The van der Waals surface area contributed by atoms with E-state index in [0.717, 1.165) is 61.2 Å². The van der Waals surface area contributed by atoms with E-state index < -0.39 is 0 Å². The predicted molar refractivity (Wildman–Crippen MR) is 192 cm³/mol. The van der Waals surface area contributed by atoms with Gasteiger partial charge < -0.3 is 4.42 Å². The summed E-state index contributed by atoms with van der Waals surface area (Å²) in [6.07, 6.45) is 3.59. The summed E-state index contributed by atoms with van der Waals surface area (Å²) in [5.41, 5.74) is 11.8. The van der Waals surface area contributed by atoms with Gasteiger partial charge in [-0.25, -0.2) is 4.98 Å². The van der Waals surface area contributed by atoms with E-state index in [1.807, 2.05) is 36.4 Å². The highest BCUT2D eigenvalue weighted by Gasteiger charge is 2.17. The largest absolute Gasteiger partial charge is 0.455 e. The van der Waals surface area contributed by atoms with Crippen molar-refractivity contribution in [3.8, 4) is 56.2 Å². The van der Waals surface area contributed by atoms with E-state index >= 15 is 0 Å². The molecule has 0 saturated heterocycles. The topological polar surface area (TPSA) is 51.8 Å². The fraction of sp³-hybridized carbons (Fsp3) is 0. The number of hydrogen-bond acceptors (Lipinski definition) is 4. The van der Waals surface area contributed by atoms with Crippen molar-refractivity contribution in [2.45, 2.75) is 0 Å². The van der Waals surface area contributed by atoms with Crippen LogP contribution in [0.3, 0.4) is 0 Å². The van der Waals surface area contributed by atoms with Crippen molar-refractivity contribution in [3.63, 3.8) is 0 Å². The fourth-order valence-corrected chi connectivity index (χ4v) is 6.50. The smallest absolute Gasteiger partial charge is 0.143 e. The Balaban J connectivity index is 1.22. The quantitative estimate of drug-likeness (QED) is 0.197. The van der Waals surface area contributed by atoms with Crippen LogP contribution in [0, 0.1) is 0 Å². The molecule has 4 nitrogen and oxygen atoms in total. The lowest BCUT2D eigenvalue weighted by molar-refractivity contribution is 0.673. The molecule has 0 atom stereocenters. The van der Waals surface area contributed by atoms with Crippen molar-refractivity contribution in [1.82, 2.24) is 15.0 Å². The van der Waals surface area contributed by atoms with Gasteiger partial charge in [-0.3, -0.25) is 9.97 Å². The summed E-state index contributed by atoms with van der Waals surface area (Å²) in [5.74, 6) is 0. The molecule has 0 aliphatic rings. The average molecular weight is 602 g/mol. The molecule has 220 valence electrons. The summed E-state index contributed by atoms with van der Waals surface area (Å²) >= 11 is 0. The van der Waals surface area contributed by atoms with Gasteiger partial charge in [0.2, 0.25) is 0 Å². The number of benzene rings is 5. The molecule has 4 heteroatoms. The summed E-state index contributed by atoms with van der Waals surface area (Å²) < 4.78 is 6.70. The van der Waals surface area contributed by atoms with Crippen molar-refractivity contribution in [1.29, 1.82) is 0 Å². The zero-order valence-electron chi connectivity index (χ0n) is 25.3. The van der Waals surface area contributed by atoms with Crippen molar-refractivity contribution < 1.29 is 4.42 Å². The second kappa shape index (κ2) is 11.2. The monoisotopic (exact) mass is 601 g/mol. The van der Waals surface area contributed by atoms with E-state index in [0.29, 0.717) is 0 Å². The number of pyridine rings is 3. The zero-order chi connectivity index (χ0) is 31.2. The van der Waals surface area contributed by atoms with Crippen LogP contribution >= 0.6 is 0 Å². The molecule has 47 heavy (non-hydrogen) atoms. The highest BCUT2D eigenvalue weighted by atomic mass is 16.3. The van der Waals surface area contributed by atoms with Gasteiger partial charge in [-0.15, -0.1) is 0 Å². The van der Waals surface area contributed by atoms with Gasteiger partial charge in [-0.2, -0.15) is 0 Å². The SMILES string of the molecule is c1ccc(-c2cccc(-c3cc4c5ccc(-c6cc(-c7ccccn7)nc(-c7ccccn7)c6)cc5oc4c4ccccc34)c2)cc1. The summed E-state index contributed by atoms with van der Waals surface area (Å²) in [6, 6.07) is 52.6. The predicted octanol–water partition coefficient (Wildman–Crippen LogP) is 11.3. The highest BCUT2D eigenvalue weighted by Crippen LogP contribution is 2.41. The van der Waals surface area contributed by atoms with Crippen molar-refractivity contribution in [2.75, 3.05) is 0 Å². The second-order valence-electron chi connectivity index (χ2n) is 11.7. The van der Waals surface area contributed by atoms with E-state index in [1.54, 1.807) is 12.4 Å². The minimum Gasteiger partial charge on any atom is -0.455 e. The van der Waals surface area contributed by atoms with Crippen LogP contribution < -0.4 is 0 Å². The normalized spacial score (nSPS) is 11.4. The van der Waals surface area contributed by atoms with Gasteiger partial charge in [-0.1, -0.05) is 91.0 Å². The molecule has 4 heterocycles. The summed E-state index contributed by atoms with van der Waals surface area (Å²) in [6.45, 7) is 0. The Morgan fingerprint density at radius 2 is 1.00 bits per heavy atom. The first-order chi connectivity index (χ1) is 23.3. The van der Waals surface area contributed by atoms with Gasteiger partial charge in [0.1, 0.15) is 11.2 Å². The average Bonchev–Trinajstić information content (AvgIpc) is 3.53. The molecule has 0 bridgehead atoms. The first-order valence-electron chi connectivity index (χ1n) is 15.7. The highest BCUT2D eigenvalue weighted by molar-refractivity contribution is 6.19. The maximum atomic E-state index is 6.70. The van der Waals surface area contributed by atoms with Crippen LogP contribution in [-0.4, -0.2) is 15.0 Å². The Morgan fingerprint density at radius 3 is 1.72 bits per heavy atom. The number of aromatic nitrogens is 3. The molecule has 0 radical (unpaired) electrons. The van der Waals surface area contributed by atoms with Crippen molar-refractivity contribution in [3.05, 3.63) is 164 Å². The molecule has 0 unspecified atom stereocenters. The molecular formula is C43H27N3O. The second-order valence-corrected chi connectivity index (χ2v) is 11.7. The standard InChI is InChI=1S/C43H27N3O/c1-2-11-28(12-3-1)29-13-10-14-31(23-29)36-27-37-34-20-19-30(26-42(34)47-43(37)35-16-5-4-15-33(35)36)32-24-40(38-17-6-8-21-44-38)46-41(25-32)39-18-7-9-22-45-39/h1-27H. The molecule has 0 N–H and O–H groups in total. The van der Waals surface area contributed by atoms with Gasteiger partial charge in [0.25, 0.3) is 0 Å². The van der Waals surface area contributed by atoms with Gasteiger partial charge in [0.05, 0.1) is 22.8 Å². The molecule has 4 aromatic heterocycles. The van der Waals surface area contributed by atoms with Crippen LogP contribution in [0.1, 0.15) is 0 Å². The van der Waals surface area contributed by atoms with E-state index in [4.69, 9.17) is 9.40 Å². The molecule has 0 spiro atoms. The van der Waals surface area contributed by atoms with Crippen LogP contribution in [0.15, 0.2) is 168 Å². The fourth-order valence-electron chi connectivity index (χ4n) is 6.50. The lowest BCUT2D eigenvalue weighted by atomic mass is 9.93. The van der Waals surface area contributed by atoms with Gasteiger partial charge in [0.15, 0.2) is 0 Å². The third-order valence-electron chi connectivity index (χ3n) is 8.77. The number of furan rings is 1. The number of fused-ring (bicyclic) bond motifs is 5. The summed E-state index contributed by atoms with van der Waals surface area (Å²) in [5, 5.41) is 4.45. The first-order valence-corrected chi connectivity index (χ1v) is 15.7. The molecule has 9 aromatic rings. The molecule has 5 aromatic carbocycles.